The molecule has 1 aromatic carbocycles. The lowest BCUT2D eigenvalue weighted by Gasteiger charge is -2.35. The van der Waals surface area contributed by atoms with E-state index in [0.717, 1.165) is 12.2 Å². The van der Waals surface area contributed by atoms with Crippen LogP contribution in [0.5, 0.6) is 0 Å². The van der Waals surface area contributed by atoms with E-state index in [2.05, 4.69) is 41.7 Å². The molecule has 1 saturated carbocycles. The zero-order chi connectivity index (χ0) is 13.3. The van der Waals surface area contributed by atoms with Gasteiger partial charge in [-0.1, -0.05) is 42.5 Å². The highest BCUT2D eigenvalue weighted by Crippen LogP contribution is 2.52. The second-order valence-corrected chi connectivity index (χ2v) is 6.84. The van der Waals surface area contributed by atoms with Gasteiger partial charge in [0.2, 0.25) is 5.91 Å². The minimum atomic E-state index is -0.0823. The Kier molecular flexibility index (Phi) is 3.40. The molecular weight excluding hydrogens is 254 g/mol. The number of carbonyl (C=O) groups excluding carboxylic acids is 1. The van der Waals surface area contributed by atoms with Crippen molar-refractivity contribution in [2.75, 3.05) is 0 Å². The summed E-state index contributed by atoms with van der Waals surface area (Å²) in [6, 6.07) is 10.5. The van der Waals surface area contributed by atoms with E-state index >= 15 is 0 Å². The van der Waals surface area contributed by atoms with Gasteiger partial charge in [-0.05, 0) is 24.3 Å². The monoisotopic (exact) mass is 273 g/mol. The fraction of sp³-hybridized carbons (Fsp3) is 0.438. The number of benzene rings is 1. The van der Waals surface area contributed by atoms with Crippen molar-refractivity contribution >= 4 is 17.7 Å². The molecule has 3 atom stereocenters. The van der Waals surface area contributed by atoms with Gasteiger partial charge in [0.25, 0.3) is 0 Å². The Hall–Kier alpha value is -1.22. The molecule has 0 radical (unpaired) electrons. The smallest absolute Gasteiger partial charge is 0.217 e. The Labute approximate surface area is 118 Å². The summed E-state index contributed by atoms with van der Waals surface area (Å²) in [4.78, 5) is 11.5. The summed E-state index contributed by atoms with van der Waals surface area (Å²) in [6.07, 6.45) is 6.88. The molecule has 1 fully saturated rings. The minimum absolute atomic E-state index is 0.0823. The molecule has 3 heteroatoms. The Morgan fingerprint density at radius 3 is 2.74 bits per heavy atom. The van der Waals surface area contributed by atoms with E-state index in [1.807, 2.05) is 17.8 Å². The molecular formula is C16H19NOS. The van der Waals surface area contributed by atoms with Crippen LogP contribution in [0.3, 0.4) is 0 Å². The first-order chi connectivity index (χ1) is 9.18. The standard InChI is InChI=1S/C16H19NOS/c1-12(18)17-16(10-14-7-8-15(16)9-14)19-11-13-5-3-2-4-6-13/h2-8,14-15H,9-11H2,1H3,(H,17,18)/t14-,15+,16-/m0/s1. The zero-order valence-electron chi connectivity index (χ0n) is 11.1. The normalized spacial score (nSPS) is 31.6. The summed E-state index contributed by atoms with van der Waals surface area (Å²) >= 11 is 1.89. The van der Waals surface area contributed by atoms with Crippen molar-refractivity contribution < 1.29 is 4.79 Å². The lowest BCUT2D eigenvalue weighted by Crippen LogP contribution is -2.48. The van der Waals surface area contributed by atoms with Crippen molar-refractivity contribution in [2.24, 2.45) is 11.8 Å². The van der Waals surface area contributed by atoms with Crippen LogP contribution >= 0.6 is 11.8 Å². The predicted octanol–water partition coefficient (Wildman–Crippen LogP) is 3.35. The second kappa shape index (κ2) is 5.04. The molecule has 2 aliphatic rings. The molecule has 1 amide bonds. The van der Waals surface area contributed by atoms with Crippen molar-refractivity contribution in [1.29, 1.82) is 0 Å². The van der Waals surface area contributed by atoms with E-state index in [0.29, 0.717) is 11.8 Å². The first kappa shape index (κ1) is 12.8. The third-order valence-electron chi connectivity index (χ3n) is 4.06. The summed E-state index contributed by atoms with van der Waals surface area (Å²) in [7, 11) is 0. The predicted molar refractivity (Wildman–Crippen MR) is 79.6 cm³/mol. The maximum atomic E-state index is 11.5. The highest BCUT2D eigenvalue weighted by Gasteiger charge is 2.49. The zero-order valence-corrected chi connectivity index (χ0v) is 12.0. The van der Waals surface area contributed by atoms with Gasteiger partial charge in [-0.2, -0.15) is 0 Å². The van der Waals surface area contributed by atoms with Crippen LogP contribution in [0.4, 0.5) is 0 Å². The van der Waals surface area contributed by atoms with Gasteiger partial charge in [-0.3, -0.25) is 4.79 Å². The summed E-state index contributed by atoms with van der Waals surface area (Å²) in [6.45, 7) is 1.63. The van der Waals surface area contributed by atoms with Crippen molar-refractivity contribution in [3.05, 3.63) is 48.0 Å². The lowest BCUT2D eigenvalue weighted by molar-refractivity contribution is -0.120. The van der Waals surface area contributed by atoms with Crippen molar-refractivity contribution in [3.8, 4) is 0 Å². The van der Waals surface area contributed by atoms with Crippen LogP contribution in [0.1, 0.15) is 25.3 Å². The van der Waals surface area contributed by atoms with Gasteiger partial charge in [0.1, 0.15) is 0 Å². The van der Waals surface area contributed by atoms with E-state index in [9.17, 15) is 4.79 Å². The van der Waals surface area contributed by atoms with Crippen molar-refractivity contribution in [1.82, 2.24) is 5.32 Å². The van der Waals surface area contributed by atoms with E-state index in [-0.39, 0.29) is 10.8 Å². The van der Waals surface area contributed by atoms with E-state index in [1.54, 1.807) is 6.92 Å². The molecule has 0 unspecified atom stereocenters. The summed E-state index contributed by atoms with van der Waals surface area (Å²) in [5, 5.41) is 3.23. The Morgan fingerprint density at radius 1 is 1.37 bits per heavy atom. The van der Waals surface area contributed by atoms with Crippen LogP contribution in [0.25, 0.3) is 0 Å². The Bertz CT molecular complexity index is 499. The number of allylic oxidation sites excluding steroid dienone is 1. The Balaban J connectivity index is 1.74. The maximum absolute atomic E-state index is 11.5. The molecule has 19 heavy (non-hydrogen) atoms. The first-order valence-electron chi connectivity index (χ1n) is 6.83. The van der Waals surface area contributed by atoms with Gasteiger partial charge in [-0.25, -0.2) is 0 Å². The summed E-state index contributed by atoms with van der Waals surface area (Å²) in [5.41, 5.74) is 1.32. The second-order valence-electron chi connectivity index (χ2n) is 5.54. The number of thioether (sulfide) groups is 1. The third-order valence-corrected chi connectivity index (χ3v) is 5.63. The molecule has 2 aliphatic carbocycles. The third kappa shape index (κ3) is 2.57. The SMILES string of the molecule is CC(=O)N[C@]1(SCc2ccccc2)C[C@H]2C=C[C@@H]1C2. The number of hydrogen-bond donors (Lipinski definition) is 1. The highest BCUT2D eigenvalue weighted by atomic mass is 32.2. The molecule has 1 N–H and O–H groups in total. The van der Waals surface area contributed by atoms with Crippen molar-refractivity contribution in [3.63, 3.8) is 0 Å². The van der Waals surface area contributed by atoms with E-state index in [4.69, 9.17) is 0 Å². The maximum Gasteiger partial charge on any atom is 0.217 e. The molecule has 2 nitrogen and oxygen atoms in total. The van der Waals surface area contributed by atoms with Crippen LogP contribution in [0.2, 0.25) is 0 Å². The number of rotatable bonds is 4. The molecule has 0 spiro atoms. The summed E-state index contributed by atoms with van der Waals surface area (Å²) in [5.74, 6) is 2.19. The molecule has 0 heterocycles. The number of amides is 1. The van der Waals surface area contributed by atoms with Crippen LogP contribution < -0.4 is 5.32 Å². The van der Waals surface area contributed by atoms with Crippen LogP contribution in [-0.4, -0.2) is 10.8 Å². The largest absolute Gasteiger partial charge is 0.341 e. The molecule has 3 rings (SSSR count). The van der Waals surface area contributed by atoms with Gasteiger partial charge in [0, 0.05) is 18.6 Å². The fourth-order valence-corrected chi connectivity index (χ4v) is 4.80. The summed E-state index contributed by atoms with van der Waals surface area (Å²) < 4.78 is 0. The molecule has 0 saturated heterocycles. The van der Waals surface area contributed by atoms with Gasteiger partial charge >= 0.3 is 0 Å². The quantitative estimate of drug-likeness (QED) is 0.673. The average molecular weight is 273 g/mol. The number of fused-ring (bicyclic) bond motifs is 2. The van der Waals surface area contributed by atoms with Gasteiger partial charge in [-0.15, -0.1) is 11.8 Å². The average Bonchev–Trinajstić information content (AvgIpc) is 2.98. The molecule has 1 aromatic rings. The number of hydrogen-bond acceptors (Lipinski definition) is 2. The van der Waals surface area contributed by atoms with E-state index < -0.39 is 0 Å². The van der Waals surface area contributed by atoms with Crippen LogP contribution in [0, 0.1) is 11.8 Å². The van der Waals surface area contributed by atoms with Gasteiger partial charge in [0.05, 0.1) is 4.87 Å². The highest BCUT2D eigenvalue weighted by molar-refractivity contribution is 7.99. The molecule has 0 aliphatic heterocycles. The molecule has 0 aromatic heterocycles. The van der Waals surface area contributed by atoms with Crippen LogP contribution in [0.15, 0.2) is 42.5 Å². The van der Waals surface area contributed by atoms with Crippen LogP contribution in [-0.2, 0) is 10.5 Å². The van der Waals surface area contributed by atoms with Gasteiger partial charge < -0.3 is 5.32 Å². The first-order valence-corrected chi connectivity index (χ1v) is 7.81. The number of carbonyl (C=O) groups is 1. The van der Waals surface area contributed by atoms with Gasteiger partial charge in [0.15, 0.2) is 0 Å². The Morgan fingerprint density at radius 2 is 2.16 bits per heavy atom. The topological polar surface area (TPSA) is 29.1 Å². The molecule has 100 valence electrons. The fourth-order valence-electron chi connectivity index (χ4n) is 3.24. The van der Waals surface area contributed by atoms with E-state index in [1.165, 1.54) is 12.0 Å². The van der Waals surface area contributed by atoms with Crippen molar-refractivity contribution in [2.45, 2.75) is 30.4 Å². The molecule has 2 bridgehead atoms. The lowest BCUT2D eigenvalue weighted by atomic mass is 10.0. The minimum Gasteiger partial charge on any atom is -0.341 e. The number of nitrogens with one attached hydrogen (secondary N) is 1.